The topological polar surface area (TPSA) is 77.2 Å². The number of amides is 1. The van der Waals surface area contributed by atoms with E-state index in [2.05, 4.69) is 15.5 Å². The lowest BCUT2D eigenvalue weighted by Crippen LogP contribution is -2.20. The first kappa shape index (κ1) is 15.5. The molecule has 122 valence electrons. The van der Waals surface area contributed by atoms with Gasteiger partial charge in [0.2, 0.25) is 5.89 Å². The molecule has 1 saturated carbocycles. The van der Waals surface area contributed by atoms with Crippen LogP contribution in [0, 0.1) is 6.92 Å². The molecular weight excluding hydrogens is 294 g/mol. The fourth-order valence-corrected chi connectivity index (χ4v) is 2.81. The second-order valence-corrected chi connectivity index (χ2v) is 5.93. The molecule has 1 aliphatic carbocycles. The highest BCUT2D eigenvalue weighted by molar-refractivity contribution is 5.89. The van der Waals surface area contributed by atoms with Gasteiger partial charge < -0.3 is 9.15 Å². The van der Waals surface area contributed by atoms with E-state index in [9.17, 15) is 4.79 Å². The molecule has 0 unspecified atom stereocenters. The Kier molecular flexibility index (Phi) is 4.90. The molecule has 0 saturated heterocycles. The summed E-state index contributed by atoms with van der Waals surface area (Å²) < 4.78 is 11.0. The van der Waals surface area contributed by atoms with Gasteiger partial charge >= 0.3 is 6.01 Å². The number of rotatable bonds is 5. The second kappa shape index (κ2) is 7.26. The summed E-state index contributed by atoms with van der Waals surface area (Å²) in [6, 6.07) is 7.69. The van der Waals surface area contributed by atoms with Gasteiger partial charge in [-0.25, -0.2) is 0 Å². The molecule has 1 heterocycles. The number of nitrogens with one attached hydrogen (secondary N) is 1. The number of anilines is 1. The van der Waals surface area contributed by atoms with Gasteiger partial charge in [0, 0.05) is 5.92 Å². The number of carbonyl (C=O) groups is 1. The molecule has 23 heavy (non-hydrogen) atoms. The summed E-state index contributed by atoms with van der Waals surface area (Å²) >= 11 is 0. The van der Waals surface area contributed by atoms with Crippen LogP contribution in [-0.2, 0) is 4.79 Å². The predicted molar refractivity (Wildman–Crippen MR) is 85.4 cm³/mol. The molecule has 0 atom stereocenters. The van der Waals surface area contributed by atoms with Crippen LogP contribution < -0.4 is 10.1 Å². The molecule has 3 rings (SSSR count). The van der Waals surface area contributed by atoms with Crippen molar-refractivity contribution in [3.8, 4) is 5.75 Å². The quantitative estimate of drug-likeness (QED) is 0.914. The molecule has 0 radical (unpaired) electrons. The van der Waals surface area contributed by atoms with E-state index in [-0.39, 0.29) is 18.5 Å². The number of benzene rings is 1. The molecule has 1 N–H and O–H groups in total. The van der Waals surface area contributed by atoms with E-state index in [0.717, 1.165) is 18.4 Å². The van der Waals surface area contributed by atoms with E-state index in [0.29, 0.717) is 17.6 Å². The Morgan fingerprint density at radius 3 is 2.91 bits per heavy atom. The summed E-state index contributed by atoms with van der Waals surface area (Å²) in [4.78, 5) is 11.9. The molecule has 2 aromatic rings. The van der Waals surface area contributed by atoms with E-state index >= 15 is 0 Å². The Hall–Kier alpha value is -2.37. The van der Waals surface area contributed by atoms with Crippen LogP contribution in [0.2, 0.25) is 0 Å². The predicted octanol–water partition coefficient (Wildman–Crippen LogP) is 3.44. The van der Waals surface area contributed by atoms with Crippen LogP contribution in [0.5, 0.6) is 5.75 Å². The lowest BCUT2D eigenvalue weighted by atomic mass is 9.89. The van der Waals surface area contributed by atoms with Crippen molar-refractivity contribution < 1.29 is 13.9 Å². The van der Waals surface area contributed by atoms with Crippen molar-refractivity contribution in [1.82, 2.24) is 10.2 Å². The van der Waals surface area contributed by atoms with Crippen molar-refractivity contribution in [3.05, 3.63) is 35.7 Å². The second-order valence-electron chi connectivity index (χ2n) is 5.93. The maximum Gasteiger partial charge on any atom is 0.322 e. The Labute approximate surface area is 135 Å². The molecule has 1 amide bonds. The number of carbonyl (C=O) groups excluding carboxylic acids is 1. The molecule has 6 nitrogen and oxygen atoms in total. The number of aromatic nitrogens is 2. The van der Waals surface area contributed by atoms with Crippen molar-refractivity contribution >= 4 is 11.9 Å². The van der Waals surface area contributed by atoms with Crippen LogP contribution in [0.3, 0.4) is 0 Å². The Morgan fingerprint density at radius 2 is 2.13 bits per heavy atom. The van der Waals surface area contributed by atoms with Gasteiger partial charge in [-0.05, 0) is 37.5 Å². The van der Waals surface area contributed by atoms with Crippen LogP contribution in [0.4, 0.5) is 6.01 Å². The molecule has 6 heteroatoms. The van der Waals surface area contributed by atoms with Crippen LogP contribution in [0.1, 0.15) is 49.5 Å². The minimum atomic E-state index is -0.314. The van der Waals surface area contributed by atoms with E-state index in [4.69, 9.17) is 9.15 Å². The standard InChI is InChI=1S/C17H21N3O3/c1-12-6-5-9-14(10-12)22-11-15(21)18-17-20-19-16(23-17)13-7-3-2-4-8-13/h5-6,9-10,13H,2-4,7-8,11H2,1H3,(H,18,20,21). The van der Waals surface area contributed by atoms with Crippen molar-refractivity contribution in [2.45, 2.75) is 44.9 Å². The summed E-state index contributed by atoms with van der Waals surface area (Å²) in [6.07, 6.45) is 5.81. The number of hydrogen-bond acceptors (Lipinski definition) is 5. The Morgan fingerprint density at radius 1 is 1.30 bits per heavy atom. The summed E-state index contributed by atoms with van der Waals surface area (Å²) in [6.45, 7) is 1.88. The Bertz CT molecular complexity index is 663. The van der Waals surface area contributed by atoms with E-state index in [1.165, 1.54) is 19.3 Å². The fourth-order valence-electron chi connectivity index (χ4n) is 2.81. The zero-order valence-electron chi connectivity index (χ0n) is 13.2. The van der Waals surface area contributed by atoms with Gasteiger partial charge in [0.05, 0.1) is 0 Å². The first-order valence-corrected chi connectivity index (χ1v) is 8.03. The lowest BCUT2D eigenvalue weighted by Gasteiger charge is -2.17. The summed E-state index contributed by atoms with van der Waals surface area (Å²) in [5, 5.41) is 10.5. The van der Waals surface area contributed by atoms with Crippen molar-refractivity contribution in [3.63, 3.8) is 0 Å². The van der Waals surface area contributed by atoms with Crippen LogP contribution in [-0.4, -0.2) is 22.7 Å². The highest BCUT2D eigenvalue weighted by Crippen LogP contribution is 2.32. The summed E-state index contributed by atoms with van der Waals surface area (Å²) in [5.74, 6) is 1.30. The molecule has 1 fully saturated rings. The zero-order chi connectivity index (χ0) is 16.1. The minimum absolute atomic E-state index is 0.0927. The zero-order valence-corrected chi connectivity index (χ0v) is 13.2. The number of ether oxygens (including phenoxy) is 1. The molecule has 1 aromatic carbocycles. The van der Waals surface area contributed by atoms with E-state index in [1.807, 2.05) is 31.2 Å². The third-order valence-electron chi connectivity index (χ3n) is 4.00. The van der Waals surface area contributed by atoms with Crippen LogP contribution >= 0.6 is 0 Å². The van der Waals surface area contributed by atoms with Crippen LogP contribution in [0.15, 0.2) is 28.7 Å². The van der Waals surface area contributed by atoms with Gasteiger partial charge in [-0.1, -0.05) is 36.5 Å². The monoisotopic (exact) mass is 315 g/mol. The van der Waals surface area contributed by atoms with Crippen molar-refractivity contribution in [2.24, 2.45) is 0 Å². The average Bonchev–Trinajstić information content (AvgIpc) is 3.02. The molecule has 1 aliphatic rings. The third kappa shape index (κ3) is 4.31. The fraction of sp³-hybridized carbons (Fsp3) is 0.471. The van der Waals surface area contributed by atoms with Gasteiger partial charge in [-0.15, -0.1) is 5.10 Å². The molecular formula is C17H21N3O3. The van der Waals surface area contributed by atoms with Gasteiger partial charge in [0.15, 0.2) is 6.61 Å². The molecule has 0 spiro atoms. The maximum atomic E-state index is 11.9. The normalized spacial score (nSPS) is 15.3. The lowest BCUT2D eigenvalue weighted by molar-refractivity contribution is -0.118. The first-order chi connectivity index (χ1) is 11.2. The Balaban J connectivity index is 1.50. The molecule has 0 bridgehead atoms. The van der Waals surface area contributed by atoms with E-state index in [1.54, 1.807) is 0 Å². The highest BCUT2D eigenvalue weighted by atomic mass is 16.5. The summed E-state index contributed by atoms with van der Waals surface area (Å²) in [5.41, 5.74) is 1.08. The smallest absolute Gasteiger partial charge is 0.322 e. The number of nitrogens with zero attached hydrogens (tertiary/aromatic N) is 2. The SMILES string of the molecule is Cc1cccc(OCC(=O)Nc2nnc(C3CCCCC3)o2)c1. The largest absolute Gasteiger partial charge is 0.484 e. The van der Waals surface area contributed by atoms with Gasteiger partial charge in [0.25, 0.3) is 5.91 Å². The third-order valence-corrected chi connectivity index (χ3v) is 4.00. The maximum absolute atomic E-state index is 11.9. The van der Waals surface area contributed by atoms with Crippen LogP contribution in [0.25, 0.3) is 0 Å². The van der Waals surface area contributed by atoms with E-state index < -0.39 is 0 Å². The van der Waals surface area contributed by atoms with Crippen molar-refractivity contribution in [1.29, 1.82) is 0 Å². The van der Waals surface area contributed by atoms with Crippen molar-refractivity contribution in [2.75, 3.05) is 11.9 Å². The first-order valence-electron chi connectivity index (χ1n) is 8.03. The molecule has 0 aliphatic heterocycles. The van der Waals surface area contributed by atoms with Gasteiger partial charge in [-0.3, -0.25) is 10.1 Å². The summed E-state index contributed by atoms with van der Waals surface area (Å²) in [7, 11) is 0. The number of aryl methyl sites for hydroxylation is 1. The number of hydrogen-bond donors (Lipinski definition) is 1. The van der Waals surface area contributed by atoms with Gasteiger partial charge in [0.1, 0.15) is 5.75 Å². The highest BCUT2D eigenvalue weighted by Gasteiger charge is 2.21. The average molecular weight is 315 g/mol. The minimum Gasteiger partial charge on any atom is -0.484 e. The van der Waals surface area contributed by atoms with Gasteiger partial charge in [-0.2, -0.15) is 0 Å². The molecule has 1 aromatic heterocycles.